The van der Waals surface area contributed by atoms with Gasteiger partial charge in [0.15, 0.2) is 0 Å². The Hall–Kier alpha value is -1.93. The lowest BCUT2D eigenvalue weighted by molar-refractivity contribution is -0.133. The van der Waals surface area contributed by atoms with Crippen LogP contribution in [0.2, 0.25) is 0 Å². The predicted molar refractivity (Wildman–Crippen MR) is 71.4 cm³/mol. The molecule has 110 valence electrons. The third-order valence-corrected chi connectivity index (χ3v) is 3.34. The van der Waals surface area contributed by atoms with Crippen molar-refractivity contribution in [2.45, 2.75) is 6.54 Å². The highest BCUT2D eigenvalue weighted by Crippen LogP contribution is 2.02. The quantitative estimate of drug-likeness (QED) is 0.645. The van der Waals surface area contributed by atoms with Gasteiger partial charge in [-0.3, -0.25) is 24.0 Å². The maximum Gasteiger partial charge on any atom is 0.328 e. The van der Waals surface area contributed by atoms with Crippen LogP contribution >= 0.6 is 0 Å². The summed E-state index contributed by atoms with van der Waals surface area (Å²) in [6.07, 6.45) is 1.32. The lowest BCUT2D eigenvalue weighted by atomic mass is 10.3. The second-order valence-corrected chi connectivity index (χ2v) is 4.68. The first-order valence-electron chi connectivity index (χ1n) is 6.51. The Kier molecular flexibility index (Phi) is 4.70. The van der Waals surface area contributed by atoms with Crippen molar-refractivity contribution in [1.29, 1.82) is 0 Å². The molecule has 0 aromatic carbocycles. The molecule has 8 nitrogen and oxygen atoms in total. The number of rotatable bonds is 4. The van der Waals surface area contributed by atoms with Crippen molar-refractivity contribution < 1.29 is 9.90 Å². The fourth-order valence-corrected chi connectivity index (χ4v) is 2.18. The third kappa shape index (κ3) is 3.55. The summed E-state index contributed by atoms with van der Waals surface area (Å²) >= 11 is 0. The molecule has 1 saturated heterocycles. The van der Waals surface area contributed by atoms with E-state index in [-0.39, 0.29) is 19.1 Å². The van der Waals surface area contributed by atoms with Crippen LogP contribution in [-0.4, -0.2) is 69.7 Å². The first-order valence-corrected chi connectivity index (χ1v) is 6.51. The predicted octanol–water partition coefficient (Wildman–Crippen LogP) is -2.33. The van der Waals surface area contributed by atoms with Gasteiger partial charge in [-0.15, -0.1) is 0 Å². The van der Waals surface area contributed by atoms with Crippen LogP contribution in [0.5, 0.6) is 0 Å². The Bertz CT molecular complexity index is 571. The van der Waals surface area contributed by atoms with Crippen LogP contribution in [0.4, 0.5) is 0 Å². The zero-order chi connectivity index (χ0) is 14.5. The Balaban J connectivity index is 1.93. The highest BCUT2D eigenvalue weighted by atomic mass is 16.3. The summed E-state index contributed by atoms with van der Waals surface area (Å²) in [5.74, 6) is -0.150. The van der Waals surface area contributed by atoms with Gasteiger partial charge in [-0.2, -0.15) is 0 Å². The normalized spacial score (nSPS) is 16.4. The number of hydrogen-bond donors (Lipinski definition) is 2. The monoisotopic (exact) mass is 282 g/mol. The number of carbonyl (C=O) groups excluding carboxylic acids is 1. The molecule has 1 aromatic heterocycles. The van der Waals surface area contributed by atoms with E-state index in [9.17, 15) is 14.4 Å². The van der Waals surface area contributed by atoms with Gasteiger partial charge in [-0.05, 0) is 0 Å². The van der Waals surface area contributed by atoms with E-state index in [4.69, 9.17) is 5.11 Å². The highest BCUT2D eigenvalue weighted by molar-refractivity contribution is 5.76. The topological polar surface area (TPSA) is 98.6 Å². The van der Waals surface area contributed by atoms with Crippen molar-refractivity contribution in [2.24, 2.45) is 0 Å². The van der Waals surface area contributed by atoms with E-state index in [1.165, 1.54) is 16.8 Å². The number of nitrogens with zero attached hydrogens (tertiary/aromatic N) is 3. The molecule has 0 spiro atoms. The number of aromatic amines is 1. The molecule has 0 saturated carbocycles. The number of H-pyrrole nitrogens is 1. The molecule has 0 atom stereocenters. The Morgan fingerprint density at radius 3 is 2.55 bits per heavy atom. The van der Waals surface area contributed by atoms with Crippen molar-refractivity contribution in [2.75, 3.05) is 39.3 Å². The van der Waals surface area contributed by atoms with Crippen LogP contribution in [0.25, 0.3) is 0 Å². The zero-order valence-corrected chi connectivity index (χ0v) is 11.1. The standard InChI is InChI=1S/C12H18N4O4/c17-8-7-14-3-5-15(6-4-14)11(19)9-16-2-1-10(18)13-12(16)20/h1-2,17H,3-9H2,(H,13,18,20). The van der Waals surface area contributed by atoms with E-state index in [1.54, 1.807) is 4.90 Å². The van der Waals surface area contributed by atoms with Gasteiger partial charge in [0.2, 0.25) is 5.91 Å². The Morgan fingerprint density at radius 2 is 1.95 bits per heavy atom. The number of carbonyl (C=O) groups is 1. The number of hydrogen-bond acceptors (Lipinski definition) is 5. The number of β-amino-alcohol motifs (C(OH)–C–C–N with tert-alkyl or cyclic N) is 1. The Labute approximate surface area is 115 Å². The molecule has 1 aliphatic heterocycles. The van der Waals surface area contributed by atoms with E-state index in [1.807, 2.05) is 0 Å². The third-order valence-electron chi connectivity index (χ3n) is 3.34. The van der Waals surface area contributed by atoms with Gasteiger partial charge in [-0.1, -0.05) is 0 Å². The van der Waals surface area contributed by atoms with Crippen molar-refractivity contribution in [1.82, 2.24) is 19.4 Å². The van der Waals surface area contributed by atoms with Crippen molar-refractivity contribution in [3.63, 3.8) is 0 Å². The second-order valence-electron chi connectivity index (χ2n) is 4.68. The van der Waals surface area contributed by atoms with Crippen LogP contribution < -0.4 is 11.2 Å². The SMILES string of the molecule is O=C(Cn1ccc(=O)[nH]c1=O)N1CCN(CCO)CC1. The molecule has 0 aliphatic carbocycles. The van der Waals surface area contributed by atoms with Crippen LogP contribution in [0.15, 0.2) is 21.9 Å². The summed E-state index contributed by atoms with van der Waals surface area (Å²) in [4.78, 5) is 40.4. The van der Waals surface area contributed by atoms with Gasteiger partial charge >= 0.3 is 5.69 Å². The van der Waals surface area contributed by atoms with Gasteiger partial charge in [0.1, 0.15) is 6.54 Å². The number of nitrogens with one attached hydrogen (secondary N) is 1. The maximum absolute atomic E-state index is 12.1. The fraction of sp³-hybridized carbons (Fsp3) is 0.583. The number of piperazine rings is 1. The van der Waals surface area contributed by atoms with Crippen molar-refractivity contribution in [3.8, 4) is 0 Å². The summed E-state index contributed by atoms with van der Waals surface area (Å²) in [7, 11) is 0. The van der Waals surface area contributed by atoms with Gasteiger partial charge in [-0.25, -0.2) is 4.79 Å². The van der Waals surface area contributed by atoms with E-state index in [0.717, 1.165) is 0 Å². The summed E-state index contributed by atoms with van der Waals surface area (Å²) in [6, 6.07) is 1.22. The lowest BCUT2D eigenvalue weighted by Gasteiger charge is -2.34. The van der Waals surface area contributed by atoms with Crippen molar-refractivity contribution >= 4 is 5.91 Å². The number of aliphatic hydroxyl groups is 1. The minimum absolute atomic E-state index is 0.0738. The molecule has 1 aliphatic rings. The van der Waals surface area contributed by atoms with Gasteiger partial charge in [0.05, 0.1) is 6.61 Å². The molecular weight excluding hydrogens is 264 g/mol. The molecule has 0 bridgehead atoms. The lowest BCUT2D eigenvalue weighted by Crippen LogP contribution is -2.50. The summed E-state index contributed by atoms with van der Waals surface area (Å²) in [5, 5.41) is 8.85. The summed E-state index contributed by atoms with van der Waals surface area (Å²) in [6.45, 7) is 3.24. The van der Waals surface area contributed by atoms with E-state index in [0.29, 0.717) is 32.7 Å². The van der Waals surface area contributed by atoms with E-state index < -0.39 is 11.2 Å². The van der Waals surface area contributed by atoms with Crippen LogP contribution in [0.3, 0.4) is 0 Å². The molecule has 2 heterocycles. The van der Waals surface area contributed by atoms with Crippen LogP contribution in [-0.2, 0) is 11.3 Å². The molecule has 8 heteroatoms. The minimum Gasteiger partial charge on any atom is -0.395 e. The first kappa shape index (κ1) is 14.5. The number of amides is 1. The molecule has 2 N–H and O–H groups in total. The van der Waals surface area contributed by atoms with Crippen LogP contribution in [0.1, 0.15) is 0 Å². The van der Waals surface area contributed by atoms with E-state index in [2.05, 4.69) is 9.88 Å². The van der Waals surface area contributed by atoms with Crippen LogP contribution in [0, 0.1) is 0 Å². The maximum atomic E-state index is 12.1. The molecular formula is C12H18N4O4. The molecule has 1 fully saturated rings. The number of aromatic nitrogens is 2. The molecule has 0 radical (unpaired) electrons. The van der Waals surface area contributed by atoms with Crippen molar-refractivity contribution in [3.05, 3.63) is 33.1 Å². The second kappa shape index (κ2) is 6.49. The summed E-state index contributed by atoms with van der Waals surface area (Å²) in [5.41, 5.74) is -1.05. The molecule has 2 rings (SSSR count). The largest absolute Gasteiger partial charge is 0.395 e. The average Bonchev–Trinajstić information content (AvgIpc) is 2.43. The zero-order valence-electron chi connectivity index (χ0n) is 11.1. The minimum atomic E-state index is -0.579. The fourth-order valence-electron chi connectivity index (χ4n) is 2.18. The highest BCUT2D eigenvalue weighted by Gasteiger charge is 2.20. The molecule has 0 unspecified atom stereocenters. The van der Waals surface area contributed by atoms with E-state index >= 15 is 0 Å². The van der Waals surface area contributed by atoms with Gasteiger partial charge in [0.25, 0.3) is 5.56 Å². The smallest absolute Gasteiger partial charge is 0.328 e. The first-order chi connectivity index (χ1) is 9.60. The number of aliphatic hydroxyl groups excluding tert-OH is 1. The van der Waals surface area contributed by atoms with Gasteiger partial charge in [0, 0.05) is 45.0 Å². The van der Waals surface area contributed by atoms with Gasteiger partial charge < -0.3 is 10.0 Å². The summed E-state index contributed by atoms with van der Waals surface area (Å²) < 4.78 is 1.18. The average molecular weight is 282 g/mol. The molecule has 1 amide bonds. The molecule has 20 heavy (non-hydrogen) atoms. The molecule has 1 aromatic rings. The Morgan fingerprint density at radius 1 is 1.25 bits per heavy atom.